The molecule has 1 aromatic rings. The molecule has 0 spiro atoms. The normalized spacial score (nSPS) is 27.8. The van der Waals surface area contributed by atoms with E-state index in [-0.39, 0.29) is 5.91 Å². The van der Waals surface area contributed by atoms with Crippen LogP contribution in [0.4, 0.5) is 5.69 Å². The monoisotopic (exact) mass is 311 g/mol. The fourth-order valence-electron chi connectivity index (χ4n) is 2.52. The Labute approximate surface area is 115 Å². The number of nitrogens with one attached hydrogen (secondary N) is 1. The van der Waals surface area contributed by atoms with Gasteiger partial charge < -0.3 is 11.1 Å². The maximum atomic E-state index is 12.3. The highest BCUT2D eigenvalue weighted by atomic mass is 79.9. The number of anilines is 1. The average Bonchev–Trinajstić information content (AvgIpc) is 2.31. The van der Waals surface area contributed by atoms with Gasteiger partial charge in [-0.3, -0.25) is 4.79 Å². The number of hydrogen-bond donors (Lipinski definition) is 2. The summed E-state index contributed by atoms with van der Waals surface area (Å²) in [5.41, 5.74) is 6.17. The Hall–Kier alpha value is -0.940. The van der Waals surface area contributed by atoms with Crippen molar-refractivity contribution < 1.29 is 4.79 Å². The van der Waals surface area contributed by atoms with Crippen LogP contribution in [0.3, 0.4) is 0 Å². The Morgan fingerprint density at radius 2 is 2.44 bits per heavy atom. The molecule has 1 fully saturated rings. The van der Waals surface area contributed by atoms with Gasteiger partial charge in [0, 0.05) is 6.20 Å². The molecule has 0 radical (unpaired) electrons. The lowest BCUT2D eigenvalue weighted by atomic mass is 9.76. The topological polar surface area (TPSA) is 68.0 Å². The van der Waals surface area contributed by atoms with E-state index in [9.17, 15) is 4.79 Å². The highest BCUT2D eigenvalue weighted by Gasteiger charge is 2.38. The van der Waals surface area contributed by atoms with E-state index in [4.69, 9.17) is 5.73 Å². The van der Waals surface area contributed by atoms with Crippen molar-refractivity contribution in [3.05, 3.63) is 22.9 Å². The summed E-state index contributed by atoms with van der Waals surface area (Å²) in [5, 5.41) is 2.87. The van der Waals surface area contributed by atoms with Crippen molar-refractivity contribution in [2.75, 3.05) is 5.32 Å². The summed E-state index contributed by atoms with van der Waals surface area (Å²) in [6.07, 6.45) is 5.33. The van der Waals surface area contributed by atoms with Crippen LogP contribution in [-0.2, 0) is 4.79 Å². The number of carbonyl (C=O) groups excluding carboxylic acids is 1. The number of rotatable bonds is 2. The van der Waals surface area contributed by atoms with Crippen LogP contribution in [0.25, 0.3) is 0 Å². The van der Waals surface area contributed by atoms with E-state index in [1.807, 2.05) is 6.07 Å². The number of aromatic nitrogens is 1. The predicted octanol–water partition coefficient (Wildman–Crippen LogP) is 2.69. The largest absolute Gasteiger partial charge is 0.322 e. The number of nitrogens with zero attached hydrogens (tertiary/aromatic N) is 1. The second-order valence-electron chi connectivity index (χ2n) is 5.15. The highest BCUT2D eigenvalue weighted by molar-refractivity contribution is 9.10. The lowest BCUT2D eigenvalue weighted by Crippen LogP contribution is -2.53. The van der Waals surface area contributed by atoms with Crippen LogP contribution in [0.2, 0.25) is 0 Å². The predicted molar refractivity (Wildman–Crippen MR) is 75.1 cm³/mol. The third-order valence-corrected chi connectivity index (χ3v) is 4.12. The highest BCUT2D eigenvalue weighted by Crippen LogP contribution is 2.31. The average molecular weight is 312 g/mol. The molecule has 0 bridgehead atoms. The molecule has 3 N–H and O–H groups in total. The van der Waals surface area contributed by atoms with Crippen LogP contribution in [-0.4, -0.2) is 16.4 Å². The Kier molecular flexibility index (Phi) is 4.02. The van der Waals surface area contributed by atoms with Crippen LogP contribution in [0, 0.1) is 5.92 Å². The number of pyridine rings is 1. The molecule has 5 heteroatoms. The quantitative estimate of drug-likeness (QED) is 0.825. The minimum atomic E-state index is -0.743. The van der Waals surface area contributed by atoms with E-state index in [2.05, 4.69) is 33.2 Å². The Bertz CT molecular complexity index is 452. The molecule has 2 atom stereocenters. The molecule has 98 valence electrons. The number of nitrogens with two attached hydrogens (primary N) is 1. The molecule has 1 aromatic heterocycles. The first-order valence-electron chi connectivity index (χ1n) is 6.22. The summed E-state index contributed by atoms with van der Waals surface area (Å²) in [4.78, 5) is 16.4. The molecule has 2 unspecified atom stereocenters. The SMILES string of the molecule is CC1CCCC(N)(C(=O)Nc2cccnc2Br)C1. The van der Waals surface area contributed by atoms with E-state index in [0.29, 0.717) is 16.2 Å². The molecular formula is C13H18BrN3O. The molecule has 1 aliphatic carbocycles. The summed E-state index contributed by atoms with van der Waals surface area (Å²) in [6.45, 7) is 2.15. The summed E-state index contributed by atoms with van der Waals surface area (Å²) >= 11 is 3.31. The minimum absolute atomic E-state index is 0.109. The van der Waals surface area contributed by atoms with Gasteiger partial charge in [0.15, 0.2) is 0 Å². The van der Waals surface area contributed by atoms with Crippen molar-refractivity contribution in [2.24, 2.45) is 11.7 Å². The number of hydrogen-bond acceptors (Lipinski definition) is 3. The first kappa shape index (κ1) is 13.5. The smallest absolute Gasteiger partial charge is 0.244 e. The van der Waals surface area contributed by atoms with E-state index in [0.717, 1.165) is 25.7 Å². The zero-order valence-corrected chi connectivity index (χ0v) is 12.0. The first-order valence-corrected chi connectivity index (χ1v) is 7.01. The van der Waals surface area contributed by atoms with Crippen molar-refractivity contribution in [1.29, 1.82) is 0 Å². The van der Waals surface area contributed by atoms with Crippen molar-refractivity contribution in [3.63, 3.8) is 0 Å². The van der Waals surface area contributed by atoms with E-state index < -0.39 is 5.54 Å². The fraction of sp³-hybridized carbons (Fsp3) is 0.538. The summed E-state index contributed by atoms with van der Waals surface area (Å²) in [6, 6.07) is 3.59. The second-order valence-corrected chi connectivity index (χ2v) is 5.90. The van der Waals surface area contributed by atoms with Gasteiger partial charge in [0.25, 0.3) is 0 Å². The molecular weight excluding hydrogens is 294 g/mol. The molecule has 0 aromatic carbocycles. The molecule has 1 saturated carbocycles. The molecule has 1 heterocycles. The lowest BCUT2D eigenvalue weighted by molar-refractivity contribution is -0.122. The molecule has 18 heavy (non-hydrogen) atoms. The van der Waals surface area contributed by atoms with Gasteiger partial charge in [0.1, 0.15) is 4.60 Å². The molecule has 0 saturated heterocycles. The maximum Gasteiger partial charge on any atom is 0.244 e. The van der Waals surface area contributed by atoms with E-state index in [1.165, 1.54) is 0 Å². The molecule has 1 amide bonds. The third kappa shape index (κ3) is 2.90. The summed E-state index contributed by atoms with van der Waals surface area (Å²) < 4.78 is 0.630. The summed E-state index contributed by atoms with van der Waals surface area (Å²) in [5.74, 6) is 0.398. The van der Waals surface area contributed by atoms with Gasteiger partial charge in [-0.1, -0.05) is 19.8 Å². The summed E-state index contributed by atoms with van der Waals surface area (Å²) in [7, 11) is 0. The van der Waals surface area contributed by atoms with Crippen molar-refractivity contribution >= 4 is 27.5 Å². The Morgan fingerprint density at radius 3 is 3.11 bits per heavy atom. The minimum Gasteiger partial charge on any atom is -0.322 e. The number of halogens is 1. The van der Waals surface area contributed by atoms with Crippen molar-refractivity contribution in [3.8, 4) is 0 Å². The zero-order valence-electron chi connectivity index (χ0n) is 10.4. The van der Waals surface area contributed by atoms with Gasteiger partial charge in [0.2, 0.25) is 5.91 Å². The van der Waals surface area contributed by atoms with Crippen LogP contribution in [0.15, 0.2) is 22.9 Å². The Morgan fingerprint density at radius 1 is 1.67 bits per heavy atom. The number of carbonyl (C=O) groups is 1. The molecule has 2 rings (SSSR count). The van der Waals surface area contributed by atoms with Gasteiger partial charge in [0.05, 0.1) is 11.2 Å². The zero-order chi connectivity index (χ0) is 13.2. The van der Waals surface area contributed by atoms with Gasteiger partial charge in [-0.15, -0.1) is 0 Å². The van der Waals surface area contributed by atoms with E-state index >= 15 is 0 Å². The van der Waals surface area contributed by atoms with Gasteiger partial charge in [-0.25, -0.2) is 4.98 Å². The van der Waals surface area contributed by atoms with Gasteiger partial charge in [-0.05, 0) is 46.8 Å². The van der Waals surface area contributed by atoms with Gasteiger partial charge >= 0.3 is 0 Å². The Balaban J connectivity index is 2.10. The lowest BCUT2D eigenvalue weighted by Gasteiger charge is -2.35. The second kappa shape index (κ2) is 5.36. The van der Waals surface area contributed by atoms with E-state index in [1.54, 1.807) is 12.3 Å². The molecule has 1 aliphatic rings. The van der Waals surface area contributed by atoms with Crippen molar-refractivity contribution in [1.82, 2.24) is 4.98 Å². The number of amides is 1. The molecule has 0 aliphatic heterocycles. The van der Waals surface area contributed by atoms with Crippen LogP contribution >= 0.6 is 15.9 Å². The van der Waals surface area contributed by atoms with Crippen molar-refractivity contribution in [2.45, 2.75) is 38.1 Å². The van der Waals surface area contributed by atoms with Crippen LogP contribution in [0.5, 0.6) is 0 Å². The fourth-order valence-corrected chi connectivity index (χ4v) is 2.87. The third-order valence-electron chi connectivity index (χ3n) is 3.49. The van der Waals surface area contributed by atoms with Crippen LogP contribution in [0.1, 0.15) is 32.6 Å². The first-order chi connectivity index (χ1) is 8.51. The van der Waals surface area contributed by atoms with Crippen LogP contribution < -0.4 is 11.1 Å². The maximum absolute atomic E-state index is 12.3. The standard InChI is InChI=1S/C13H18BrN3O/c1-9-4-2-6-13(15,8-9)12(18)17-10-5-3-7-16-11(10)14/h3,5,7,9H,2,4,6,8,15H2,1H3,(H,17,18). The molecule has 4 nitrogen and oxygen atoms in total. The van der Waals surface area contributed by atoms with Gasteiger partial charge in [-0.2, -0.15) is 0 Å².